The first kappa shape index (κ1) is 12.9. The summed E-state index contributed by atoms with van der Waals surface area (Å²) in [5.41, 5.74) is 1.11. The van der Waals surface area contributed by atoms with Gasteiger partial charge in [0.25, 0.3) is 0 Å². The number of aliphatic hydroxyl groups excluding tert-OH is 1. The average Bonchev–Trinajstić information content (AvgIpc) is 2.44. The summed E-state index contributed by atoms with van der Waals surface area (Å²) in [6, 6.07) is 12.0. The van der Waals surface area contributed by atoms with Gasteiger partial charge in [-0.15, -0.1) is 0 Å². The van der Waals surface area contributed by atoms with Crippen LogP contribution in [0.5, 0.6) is 5.75 Å². The molecule has 2 rings (SSSR count). The number of benzene rings is 2. The average molecular weight is 245 g/mol. The fourth-order valence-electron chi connectivity index (χ4n) is 2.30. The van der Waals surface area contributed by atoms with Gasteiger partial charge in [0.15, 0.2) is 0 Å². The Labute approximate surface area is 107 Å². The first-order valence-corrected chi connectivity index (χ1v) is 6.21. The number of methoxy groups -OCH3 is 1. The largest absolute Gasteiger partial charge is 0.496 e. The molecule has 0 saturated heterocycles. The molecule has 18 heavy (non-hydrogen) atoms. The van der Waals surface area contributed by atoms with Crippen LogP contribution in [0.4, 0.5) is 0 Å². The van der Waals surface area contributed by atoms with Crippen molar-refractivity contribution in [3.8, 4) is 5.75 Å². The lowest BCUT2D eigenvalue weighted by molar-refractivity contribution is 0.247. The zero-order chi connectivity index (χ0) is 13.0. The van der Waals surface area contributed by atoms with E-state index in [0.29, 0.717) is 0 Å². The molecule has 96 valence electrons. The molecule has 0 aromatic heterocycles. The van der Waals surface area contributed by atoms with Crippen molar-refractivity contribution >= 4 is 10.8 Å². The van der Waals surface area contributed by atoms with Gasteiger partial charge >= 0.3 is 0 Å². The zero-order valence-electron chi connectivity index (χ0n) is 10.8. The number of nitrogens with one attached hydrogen (secondary N) is 1. The topological polar surface area (TPSA) is 41.5 Å². The minimum atomic E-state index is -0.0363. The van der Waals surface area contributed by atoms with E-state index in [2.05, 4.69) is 11.4 Å². The van der Waals surface area contributed by atoms with Crippen LogP contribution in [0.15, 0.2) is 36.4 Å². The molecule has 2 aromatic carbocycles. The monoisotopic (exact) mass is 245 g/mol. The molecule has 0 fully saturated rings. The number of hydrogen-bond acceptors (Lipinski definition) is 3. The Morgan fingerprint density at radius 3 is 2.50 bits per heavy atom. The molecule has 2 N–H and O–H groups in total. The Kier molecular flexibility index (Phi) is 4.18. The molecule has 0 aliphatic rings. The molecular weight excluding hydrogens is 226 g/mol. The van der Waals surface area contributed by atoms with E-state index in [-0.39, 0.29) is 12.6 Å². The second-order valence-corrected chi connectivity index (χ2v) is 4.20. The van der Waals surface area contributed by atoms with Crippen molar-refractivity contribution in [2.24, 2.45) is 0 Å². The summed E-state index contributed by atoms with van der Waals surface area (Å²) in [5.74, 6) is 0.863. The predicted molar refractivity (Wildman–Crippen MR) is 74.0 cm³/mol. The second-order valence-electron chi connectivity index (χ2n) is 4.20. The van der Waals surface area contributed by atoms with Crippen LogP contribution < -0.4 is 10.1 Å². The maximum Gasteiger partial charge on any atom is 0.126 e. The molecule has 2 aromatic rings. The van der Waals surface area contributed by atoms with E-state index in [0.717, 1.165) is 28.6 Å². The van der Waals surface area contributed by atoms with Gasteiger partial charge in [-0.2, -0.15) is 0 Å². The molecule has 1 unspecified atom stereocenters. The minimum absolute atomic E-state index is 0.0363. The Bertz CT molecular complexity index is 525. The molecule has 3 heteroatoms. The third-order valence-electron chi connectivity index (χ3n) is 3.15. The molecule has 0 saturated carbocycles. The fourth-order valence-corrected chi connectivity index (χ4v) is 2.30. The third kappa shape index (κ3) is 2.33. The van der Waals surface area contributed by atoms with Crippen LogP contribution in [0, 0.1) is 0 Å². The maximum absolute atomic E-state index is 9.50. The van der Waals surface area contributed by atoms with Crippen LogP contribution in [0.2, 0.25) is 0 Å². The van der Waals surface area contributed by atoms with Gasteiger partial charge in [-0.1, -0.05) is 37.3 Å². The third-order valence-corrected chi connectivity index (χ3v) is 3.15. The Hall–Kier alpha value is -1.58. The summed E-state index contributed by atoms with van der Waals surface area (Å²) in [4.78, 5) is 0. The summed E-state index contributed by atoms with van der Waals surface area (Å²) < 4.78 is 5.37. The summed E-state index contributed by atoms with van der Waals surface area (Å²) in [7, 11) is 1.68. The maximum atomic E-state index is 9.50. The zero-order valence-corrected chi connectivity index (χ0v) is 10.8. The van der Waals surface area contributed by atoms with Gasteiger partial charge in [0.2, 0.25) is 0 Å². The molecule has 0 aliphatic carbocycles. The van der Waals surface area contributed by atoms with E-state index in [1.807, 2.05) is 37.3 Å². The van der Waals surface area contributed by atoms with Crippen molar-refractivity contribution in [2.45, 2.75) is 13.0 Å². The number of fused-ring (bicyclic) bond motifs is 1. The highest BCUT2D eigenvalue weighted by molar-refractivity contribution is 5.91. The molecule has 3 nitrogen and oxygen atoms in total. The van der Waals surface area contributed by atoms with Gasteiger partial charge < -0.3 is 15.2 Å². The highest BCUT2D eigenvalue weighted by Gasteiger charge is 2.13. The van der Waals surface area contributed by atoms with Crippen LogP contribution in [-0.2, 0) is 0 Å². The van der Waals surface area contributed by atoms with Crippen LogP contribution in [-0.4, -0.2) is 25.4 Å². The lowest BCUT2D eigenvalue weighted by atomic mass is 9.98. The molecule has 0 spiro atoms. The van der Waals surface area contributed by atoms with E-state index in [1.54, 1.807) is 7.11 Å². The number of ether oxygens (including phenoxy) is 1. The van der Waals surface area contributed by atoms with E-state index < -0.39 is 0 Å². The first-order valence-electron chi connectivity index (χ1n) is 6.21. The Morgan fingerprint density at radius 2 is 1.89 bits per heavy atom. The van der Waals surface area contributed by atoms with E-state index in [1.165, 1.54) is 0 Å². The molecule has 0 aliphatic heterocycles. The van der Waals surface area contributed by atoms with Gasteiger partial charge in [0, 0.05) is 5.39 Å². The highest BCUT2D eigenvalue weighted by Crippen LogP contribution is 2.31. The van der Waals surface area contributed by atoms with Crippen molar-refractivity contribution in [2.75, 3.05) is 20.3 Å². The predicted octanol–water partition coefficient (Wildman–Crippen LogP) is 2.49. The molecular formula is C15H19NO2. The summed E-state index contributed by atoms with van der Waals surface area (Å²) in [6.45, 7) is 2.95. The van der Waals surface area contributed by atoms with Gasteiger partial charge in [-0.05, 0) is 23.6 Å². The molecule has 0 bridgehead atoms. The van der Waals surface area contributed by atoms with Crippen LogP contribution in [0.3, 0.4) is 0 Å². The Morgan fingerprint density at radius 1 is 1.17 bits per heavy atom. The molecule has 0 heterocycles. The Balaban J connectivity index is 2.58. The van der Waals surface area contributed by atoms with Crippen LogP contribution >= 0.6 is 0 Å². The van der Waals surface area contributed by atoms with Crippen molar-refractivity contribution in [3.05, 3.63) is 42.0 Å². The van der Waals surface area contributed by atoms with Crippen molar-refractivity contribution in [3.63, 3.8) is 0 Å². The normalized spacial score (nSPS) is 12.6. The minimum Gasteiger partial charge on any atom is -0.496 e. The fraction of sp³-hybridized carbons (Fsp3) is 0.333. The van der Waals surface area contributed by atoms with Gasteiger partial charge in [0.05, 0.1) is 19.8 Å². The second kappa shape index (κ2) is 5.85. The standard InChI is InChI=1S/C15H19NO2/c1-3-16-14(10-17)12-8-9-15(18-2)13-7-5-4-6-11(12)13/h4-9,14,16-17H,3,10H2,1-2H3. The lowest BCUT2D eigenvalue weighted by Crippen LogP contribution is -2.24. The van der Waals surface area contributed by atoms with Gasteiger partial charge in [-0.3, -0.25) is 0 Å². The van der Waals surface area contributed by atoms with Crippen molar-refractivity contribution in [1.82, 2.24) is 5.32 Å². The van der Waals surface area contributed by atoms with E-state index >= 15 is 0 Å². The first-order chi connectivity index (χ1) is 8.81. The molecule has 0 radical (unpaired) electrons. The highest BCUT2D eigenvalue weighted by atomic mass is 16.5. The molecule has 1 atom stereocenters. The van der Waals surface area contributed by atoms with Crippen molar-refractivity contribution < 1.29 is 9.84 Å². The van der Waals surface area contributed by atoms with Crippen LogP contribution in [0.1, 0.15) is 18.5 Å². The quantitative estimate of drug-likeness (QED) is 0.850. The van der Waals surface area contributed by atoms with E-state index in [4.69, 9.17) is 4.74 Å². The van der Waals surface area contributed by atoms with Gasteiger partial charge in [0.1, 0.15) is 5.75 Å². The summed E-state index contributed by atoms with van der Waals surface area (Å²) >= 11 is 0. The number of aliphatic hydroxyl groups is 1. The summed E-state index contributed by atoms with van der Waals surface area (Å²) in [5, 5.41) is 15.0. The number of hydrogen-bond donors (Lipinski definition) is 2. The molecule has 0 amide bonds. The van der Waals surface area contributed by atoms with Crippen LogP contribution in [0.25, 0.3) is 10.8 Å². The van der Waals surface area contributed by atoms with Crippen molar-refractivity contribution in [1.29, 1.82) is 0 Å². The number of likely N-dealkylation sites (N-methyl/N-ethyl adjacent to an activating group) is 1. The SMILES string of the molecule is CCNC(CO)c1ccc(OC)c2ccccc12. The van der Waals surface area contributed by atoms with E-state index in [9.17, 15) is 5.11 Å². The smallest absolute Gasteiger partial charge is 0.126 e. The van der Waals surface area contributed by atoms with Gasteiger partial charge in [-0.25, -0.2) is 0 Å². The lowest BCUT2D eigenvalue weighted by Gasteiger charge is -2.18. The summed E-state index contributed by atoms with van der Waals surface area (Å²) in [6.07, 6.45) is 0. The number of rotatable bonds is 5.